The summed E-state index contributed by atoms with van der Waals surface area (Å²) in [4.78, 5) is 13.3. The van der Waals surface area contributed by atoms with Crippen LogP contribution in [0.3, 0.4) is 0 Å². The molecule has 0 aliphatic carbocycles. The van der Waals surface area contributed by atoms with E-state index in [-0.39, 0.29) is 11.5 Å². The van der Waals surface area contributed by atoms with E-state index in [1.54, 1.807) is 18.6 Å². The Bertz CT molecular complexity index is 938. The van der Waals surface area contributed by atoms with E-state index in [1.807, 2.05) is 12.1 Å². The molecule has 2 aliphatic heterocycles. The largest absolute Gasteiger partial charge is 0.391 e. The summed E-state index contributed by atoms with van der Waals surface area (Å²) in [5.74, 6) is 0.855. The molecular weight excluding hydrogens is 356 g/mol. The fourth-order valence-corrected chi connectivity index (χ4v) is 4.76. The standard InChI is InChI=1S/C20H24N6O2/c27-16-10-20(14-26(13-16)18-11-21-6-7-22-18)4-8-25(9-5-20)12-15-2-1-3-17-19(15)24-28-23-17/h1-3,6-7,11,16,27H,4-5,8-10,12-14H2. The molecule has 8 heteroatoms. The van der Waals surface area contributed by atoms with Gasteiger partial charge in [0, 0.05) is 32.0 Å². The molecule has 3 aromatic rings. The van der Waals surface area contributed by atoms with Crippen LogP contribution in [0.4, 0.5) is 5.82 Å². The predicted molar refractivity (Wildman–Crippen MR) is 104 cm³/mol. The van der Waals surface area contributed by atoms with Gasteiger partial charge in [0.25, 0.3) is 0 Å². The highest BCUT2D eigenvalue weighted by Gasteiger charge is 2.42. The zero-order valence-corrected chi connectivity index (χ0v) is 15.7. The van der Waals surface area contributed by atoms with Gasteiger partial charge in [-0.05, 0) is 59.7 Å². The number of benzene rings is 1. The van der Waals surface area contributed by atoms with Crippen molar-refractivity contribution < 1.29 is 9.74 Å². The molecule has 1 atom stereocenters. The molecule has 1 N–H and O–H groups in total. The highest BCUT2D eigenvalue weighted by molar-refractivity contribution is 5.76. The third-order valence-electron chi connectivity index (χ3n) is 6.18. The first-order valence-corrected chi connectivity index (χ1v) is 9.82. The maximum Gasteiger partial charge on any atom is 0.147 e. The molecule has 0 bridgehead atoms. The van der Waals surface area contributed by atoms with Gasteiger partial charge < -0.3 is 10.0 Å². The summed E-state index contributed by atoms with van der Waals surface area (Å²) in [6, 6.07) is 6.02. The number of rotatable bonds is 3. The van der Waals surface area contributed by atoms with E-state index in [0.717, 1.165) is 67.9 Å². The average Bonchev–Trinajstić information content (AvgIpc) is 3.20. The number of aliphatic hydroxyl groups is 1. The zero-order valence-electron chi connectivity index (χ0n) is 15.7. The van der Waals surface area contributed by atoms with Crippen molar-refractivity contribution in [1.82, 2.24) is 25.2 Å². The molecule has 1 unspecified atom stereocenters. The van der Waals surface area contributed by atoms with Crippen molar-refractivity contribution in [2.45, 2.75) is 31.9 Å². The fraction of sp³-hybridized carbons (Fsp3) is 0.500. The number of nitrogens with zero attached hydrogens (tertiary/aromatic N) is 6. The van der Waals surface area contributed by atoms with Gasteiger partial charge in [-0.2, -0.15) is 0 Å². The monoisotopic (exact) mass is 380 g/mol. The molecule has 4 heterocycles. The zero-order chi connectivity index (χ0) is 19.0. The topological polar surface area (TPSA) is 91.4 Å². The van der Waals surface area contributed by atoms with Gasteiger partial charge in [-0.25, -0.2) is 9.61 Å². The number of β-amino-alcohol motifs (C(OH)–C–C–N with tert-alkyl or cyclic N) is 1. The van der Waals surface area contributed by atoms with Gasteiger partial charge in [-0.1, -0.05) is 12.1 Å². The van der Waals surface area contributed by atoms with Crippen LogP contribution in [0.5, 0.6) is 0 Å². The van der Waals surface area contributed by atoms with Crippen LogP contribution in [0.25, 0.3) is 11.0 Å². The van der Waals surface area contributed by atoms with Crippen LogP contribution in [0, 0.1) is 5.41 Å². The summed E-state index contributed by atoms with van der Waals surface area (Å²) in [5, 5.41) is 18.5. The molecule has 2 aromatic heterocycles. The van der Waals surface area contributed by atoms with E-state index in [0.29, 0.717) is 6.54 Å². The smallest absolute Gasteiger partial charge is 0.147 e. The van der Waals surface area contributed by atoms with E-state index in [1.165, 1.54) is 0 Å². The molecule has 28 heavy (non-hydrogen) atoms. The van der Waals surface area contributed by atoms with Gasteiger partial charge in [0.1, 0.15) is 16.9 Å². The van der Waals surface area contributed by atoms with Gasteiger partial charge >= 0.3 is 0 Å². The van der Waals surface area contributed by atoms with Crippen LogP contribution < -0.4 is 4.90 Å². The minimum Gasteiger partial charge on any atom is -0.391 e. The summed E-state index contributed by atoms with van der Waals surface area (Å²) >= 11 is 0. The first kappa shape index (κ1) is 17.5. The van der Waals surface area contributed by atoms with Crippen LogP contribution in [0.15, 0.2) is 41.4 Å². The van der Waals surface area contributed by atoms with E-state index in [4.69, 9.17) is 4.63 Å². The summed E-state index contributed by atoms with van der Waals surface area (Å²) < 4.78 is 4.89. The fourth-order valence-electron chi connectivity index (χ4n) is 4.76. The van der Waals surface area contributed by atoms with Crippen molar-refractivity contribution in [2.24, 2.45) is 5.41 Å². The molecule has 2 fully saturated rings. The number of likely N-dealkylation sites (tertiary alicyclic amines) is 1. The Hall–Kier alpha value is -2.58. The number of hydrogen-bond acceptors (Lipinski definition) is 8. The second kappa shape index (κ2) is 7.10. The lowest BCUT2D eigenvalue weighted by Gasteiger charge is -2.49. The lowest BCUT2D eigenvalue weighted by Crippen LogP contribution is -2.54. The highest BCUT2D eigenvalue weighted by atomic mass is 16.6. The third-order valence-corrected chi connectivity index (χ3v) is 6.18. The van der Waals surface area contributed by atoms with E-state index in [2.05, 4.69) is 36.1 Å². The molecule has 146 valence electrons. The minimum atomic E-state index is -0.322. The summed E-state index contributed by atoms with van der Waals surface area (Å²) in [6.07, 6.45) is 7.85. The van der Waals surface area contributed by atoms with Gasteiger partial charge in [0.05, 0.1) is 12.3 Å². The molecule has 0 amide bonds. The summed E-state index contributed by atoms with van der Waals surface area (Å²) in [5.41, 5.74) is 2.94. The SMILES string of the molecule is OC1CN(c2cnccn2)CC2(CCN(Cc3cccc4nonc34)CC2)C1. The molecule has 1 spiro atoms. The van der Waals surface area contributed by atoms with Gasteiger partial charge in [0.15, 0.2) is 0 Å². The number of aliphatic hydroxyl groups excluding tert-OH is 1. The number of aromatic nitrogens is 4. The average molecular weight is 380 g/mol. The van der Waals surface area contributed by atoms with Crippen molar-refractivity contribution in [3.63, 3.8) is 0 Å². The van der Waals surface area contributed by atoms with Gasteiger partial charge in [0.2, 0.25) is 0 Å². The van der Waals surface area contributed by atoms with Gasteiger partial charge in [-0.15, -0.1) is 0 Å². The van der Waals surface area contributed by atoms with Crippen molar-refractivity contribution in [3.8, 4) is 0 Å². The molecule has 8 nitrogen and oxygen atoms in total. The van der Waals surface area contributed by atoms with Crippen LogP contribution >= 0.6 is 0 Å². The normalized spacial score (nSPS) is 22.8. The second-order valence-electron chi connectivity index (χ2n) is 8.13. The van der Waals surface area contributed by atoms with Crippen molar-refractivity contribution in [3.05, 3.63) is 42.4 Å². The molecular formula is C20H24N6O2. The highest BCUT2D eigenvalue weighted by Crippen LogP contribution is 2.41. The second-order valence-corrected chi connectivity index (χ2v) is 8.13. The summed E-state index contributed by atoms with van der Waals surface area (Å²) in [7, 11) is 0. The number of piperidine rings is 2. The Kier molecular flexibility index (Phi) is 4.44. The molecule has 2 saturated heterocycles. The van der Waals surface area contributed by atoms with Crippen LogP contribution in [0.1, 0.15) is 24.8 Å². The van der Waals surface area contributed by atoms with Crippen LogP contribution in [-0.2, 0) is 6.54 Å². The van der Waals surface area contributed by atoms with Crippen molar-refractivity contribution >= 4 is 16.9 Å². The van der Waals surface area contributed by atoms with Crippen LogP contribution in [0.2, 0.25) is 0 Å². The van der Waals surface area contributed by atoms with Gasteiger partial charge in [-0.3, -0.25) is 9.88 Å². The lowest BCUT2D eigenvalue weighted by molar-refractivity contribution is 0.0245. The van der Waals surface area contributed by atoms with Crippen molar-refractivity contribution in [2.75, 3.05) is 31.1 Å². The molecule has 0 radical (unpaired) electrons. The van der Waals surface area contributed by atoms with Crippen LogP contribution in [-0.4, -0.2) is 62.6 Å². The van der Waals surface area contributed by atoms with E-state index < -0.39 is 0 Å². The maximum absolute atomic E-state index is 10.5. The lowest BCUT2D eigenvalue weighted by atomic mass is 9.71. The maximum atomic E-state index is 10.5. The number of anilines is 1. The van der Waals surface area contributed by atoms with E-state index in [9.17, 15) is 5.11 Å². The van der Waals surface area contributed by atoms with E-state index >= 15 is 0 Å². The molecule has 1 aromatic carbocycles. The Balaban J connectivity index is 1.27. The number of fused-ring (bicyclic) bond motifs is 1. The van der Waals surface area contributed by atoms with Crippen molar-refractivity contribution in [1.29, 1.82) is 0 Å². The number of hydrogen-bond donors (Lipinski definition) is 1. The molecule has 5 rings (SSSR count). The Morgan fingerprint density at radius 1 is 1.18 bits per heavy atom. The third kappa shape index (κ3) is 3.33. The summed E-state index contributed by atoms with van der Waals surface area (Å²) in [6.45, 7) is 4.41. The first-order valence-electron chi connectivity index (χ1n) is 9.82. The Labute approximate surface area is 163 Å². The Morgan fingerprint density at radius 2 is 2.07 bits per heavy atom. The first-order chi connectivity index (χ1) is 13.7. The molecule has 0 saturated carbocycles. The Morgan fingerprint density at radius 3 is 2.89 bits per heavy atom. The quantitative estimate of drug-likeness (QED) is 0.736. The minimum absolute atomic E-state index is 0.132. The molecule has 2 aliphatic rings. The predicted octanol–water partition coefficient (Wildman–Crippen LogP) is 1.87.